The summed E-state index contributed by atoms with van der Waals surface area (Å²) < 4.78 is 28.9. The Hall–Kier alpha value is -4.39. The van der Waals surface area contributed by atoms with Crippen LogP contribution in [-0.2, 0) is 24.9 Å². The Morgan fingerprint density at radius 1 is 1.07 bits per heavy atom. The van der Waals surface area contributed by atoms with Gasteiger partial charge < -0.3 is 26.2 Å². The van der Waals surface area contributed by atoms with Crippen molar-refractivity contribution in [2.24, 2.45) is 7.05 Å². The Balaban J connectivity index is 1.53. The van der Waals surface area contributed by atoms with E-state index in [1.54, 1.807) is 48.4 Å². The van der Waals surface area contributed by atoms with Crippen molar-refractivity contribution < 1.29 is 13.6 Å². The molecule has 0 saturated carbocycles. The summed E-state index contributed by atoms with van der Waals surface area (Å²) in [5.41, 5.74) is 2.79. The van der Waals surface area contributed by atoms with E-state index >= 15 is 0 Å². The monoisotopic (exact) mass is 581 g/mol. The lowest BCUT2D eigenvalue weighted by Gasteiger charge is -2.14. The summed E-state index contributed by atoms with van der Waals surface area (Å²) in [6, 6.07) is 10.6. The summed E-state index contributed by atoms with van der Waals surface area (Å²) in [5, 5.41) is 16.7. The molecule has 0 aliphatic carbocycles. The Bertz CT molecular complexity index is 1540. The molecule has 0 atom stereocenters. The van der Waals surface area contributed by atoms with Crippen LogP contribution in [0.25, 0.3) is 0 Å². The molecule has 41 heavy (non-hydrogen) atoms. The summed E-state index contributed by atoms with van der Waals surface area (Å²) in [5.74, 6) is -0.777. The van der Waals surface area contributed by atoms with Gasteiger partial charge in [0.15, 0.2) is 5.15 Å². The first-order valence-corrected chi connectivity index (χ1v) is 13.0. The van der Waals surface area contributed by atoms with Crippen LogP contribution in [0, 0.1) is 11.6 Å². The fraction of sp³-hybridized carbons (Fsp3) is 0.214. The van der Waals surface area contributed by atoms with E-state index in [9.17, 15) is 13.6 Å². The van der Waals surface area contributed by atoms with E-state index in [-0.39, 0.29) is 30.1 Å². The second kappa shape index (κ2) is 13.8. The third kappa shape index (κ3) is 8.80. The molecule has 0 bridgehead atoms. The lowest BCUT2D eigenvalue weighted by molar-refractivity contribution is -0.111. The smallest absolute Gasteiger partial charge is 0.248 e. The maximum absolute atomic E-state index is 14.1. The third-order valence-electron chi connectivity index (χ3n) is 5.67. The second-order valence-corrected chi connectivity index (χ2v) is 9.76. The number of anilines is 5. The van der Waals surface area contributed by atoms with Crippen LogP contribution in [0.4, 0.5) is 37.6 Å². The highest BCUT2D eigenvalue weighted by Crippen LogP contribution is 2.26. The molecule has 0 saturated heterocycles. The first-order chi connectivity index (χ1) is 19.7. The van der Waals surface area contributed by atoms with Crippen molar-refractivity contribution in [3.8, 4) is 0 Å². The van der Waals surface area contributed by atoms with Crippen LogP contribution in [0.3, 0.4) is 0 Å². The number of amides is 1. The van der Waals surface area contributed by atoms with Crippen molar-refractivity contribution >= 4 is 46.3 Å². The minimum absolute atomic E-state index is 0.166. The quantitative estimate of drug-likeness (QED) is 0.173. The van der Waals surface area contributed by atoms with Crippen LogP contribution in [0.15, 0.2) is 67.0 Å². The van der Waals surface area contributed by atoms with Gasteiger partial charge in [-0.25, -0.2) is 13.8 Å². The SMILES string of the molecule is CN(C)C/C=C/C(=O)Nc1cccc(Nc2nc(Nc3cn(C)nc3Cl)ncc2CNCc2ccc(F)cc2F)c1. The summed E-state index contributed by atoms with van der Waals surface area (Å²) in [6.07, 6.45) is 6.58. The van der Waals surface area contributed by atoms with Gasteiger partial charge in [0.05, 0.1) is 5.69 Å². The lowest BCUT2D eigenvalue weighted by Crippen LogP contribution is -2.16. The standard InChI is InChI=1S/C28H30ClF2N9O/c1-39(2)11-5-8-25(41)34-21-6-4-7-22(13-21)35-27-19(15-32-14-18-9-10-20(30)12-23(18)31)16-33-28(37-27)36-24-17-40(3)38-26(24)29/h4-10,12-13,16-17,32H,11,14-15H2,1-3H3,(H,34,41)(H2,33,35,36,37)/b8-5+. The molecule has 4 N–H and O–H groups in total. The zero-order chi connectivity index (χ0) is 29.4. The van der Waals surface area contributed by atoms with E-state index in [0.717, 1.165) is 6.07 Å². The van der Waals surface area contributed by atoms with Gasteiger partial charge in [-0.3, -0.25) is 9.48 Å². The van der Waals surface area contributed by atoms with E-state index in [4.69, 9.17) is 11.6 Å². The first kappa shape index (κ1) is 29.6. The zero-order valence-corrected chi connectivity index (χ0v) is 23.5. The molecule has 4 aromatic rings. The van der Waals surface area contributed by atoms with E-state index in [2.05, 4.69) is 36.3 Å². The van der Waals surface area contributed by atoms with Crippen molar-refractivity contribution in [2.75, 3.05) is 36.6 Å². The average molecular weight is 582 g/mol. The molecular formula is C28H30ClF2N9O. The van der Waals surface area contributed by atoms with Crippen molar-refractivity contribution in [3.63, 3.8) is 0 Å². The van der Waals surface area contributed by atoms with Crippen LogP contribution in [0.1, 0.15) is 11.1 Å². The van der Waals surface area contributed by atoms with E-state index in [1.165, 1.54) is 18.2 Å². The molecule has 0 fully saturated rings. The Kier molecular flexibility index (Phi) is 9.95. The van der Waals surface area contributed by atoms with Crippen LogP contribution in [0.2, 0.25) is 5.15 Å². The highest BCUT2D eigenvalue weighted by molar-refractivity contribution is 6.32. The number of carbonyl (C=O) groups is 1. The van der Waals surface area contributed by atoms with Crippen molar-refractivity contribution in [1.29, 1.82) is 0 Å². The molecule has 0 radical (unpaired) electrons. The molecule has 2 aromatic heterocycles. The average Bonchev–Trinajstić information content (AvgIpc) is 3.22. The number of aryl methyl sites for hydroxylation is 1. The van der Waals surface area contributed by atoms with Gasteiger partial charge in [-0.05, 0) is 38.4 Å². The fourth-order valence-electron chi connectivity index (χ4n) is 3.73. The maximum atomic E-state index is 14.1. The molecule has 214 valence electrons. The molecule has 13 heteroatoms. The summed E-state index contributed by atoms with van der Waals surface area (Å²) in [6.45, 7) is 1.09. The lowest BCUT2D eigenvalue weighted by atomic mass is 10.2. The van der Waals surface area contributed by atoms with E-state index < -0.39 is 11.6 Å². The van der Waals surface area contributed by atoms with Gasteiger partial charge >= 0.3 is 0 Å². The van der Waals surface area contributed by atoms with Gasteiger partial charge in [0.1, 0.15) is 17.5 Å². The molecule has 4 rings (SSSR count). The first-order valence-electron chi connectivity index (χ1n) is 12.6. The molecule has 2 aromatic carbocycles. The highest BCUT2D eigenvalue weighted by atomic mass is 35.5. The Morgan fingerprint density at radius 3 is 2.59 bits per heavy atom. The predicted molar refractivity (Wildman–Crippen MR) is 156 cm³/mol. The van der Waals surface area contributed by atoms with Crippen molar-refractivity contribution in [3.05, 3.63) is 94.9 Å². The number of benzene rings is 2. The number of carbonyl (C=O) groups excluding carboxylic acids is 1. The molecule has 0 aliphatic heterocycles. The van der Waals surface area contributed by atoms with Gasteiger partial charge in [0, 0.05) is 73.7 Å². The van der Waals surface area contributed by atoms with Gasteiger partial charge in [-0.2, -0.15) is 10.1 Å². The number of likely N-dealkylation sites (N-methyl/N-ethyl adjacent to an activating group) is 1. The van der Waals surface area contributed by atoms with Crippen LogP contribution < -0.4 is 21.3 Å². The number of halogens is 3. The summed E-state index contributed by atoms with van der Waals surface area (Å²) >= 11 is 6.18. The number of hydrogen-bond acceptors (Lipinski definition) is 8. The molecule has 0 spiro atoms. The van der Waals surface area contributed by atoms with Crippen molar-refractivity contribution in [2.45, 2.75) is 13.1 Å². The Morgan fingerprint density at radius 2 is 1.85 bits per heavy atom. The fourth-order valence-corrected chi connectivity index (χ4v) is 3.95. The van der Waals surface area contributed by atoms with Gasteiger partial charge in [0.2, 0.25) is 11.9 Å². The van der Waals surface area contributed by atoms with Crippen LogP contribution >= 0.6 is 11.6 Å². The second-order valence-electron chi connectivity index (χ2n) is 9.40. The van der Waals surface area contributed by atoms with Crippen molar-refractivity contribution in [1.82, 2.24) is 30.0 Å². The van der Waals surface area contributed by atoms with Gasteiger partial charge in [0.25, 0.3) is 0 Å². The molecule has 0 unspecified atom stereocenters. The topological polar surface area (TPSA) is 112 Å². The minimum Gasteiger partial charge on any atom is -0.340 e. The van der Waals surface area contributed by atoms with Gasteiger partial charge in [-0.1, -0.05) is 29.8 Å². The predicted octanol–water partition coefficient (Wildman–Crippen LogP) is 4.98. The number of hydrogen-bond donors (Lipinski definition) is 4. The third-order valence-corrected chi connectivity index (χ3v) is 5.95. The molecule has 10 nitrogen and oxygen atoms in total. The number of rotatable bonds is 12. The highest BCUT2D eigenvalue weighted by Gasteiger charge is 2.12. The normalized spacial score (nSPS) is 11.3. The minimum atomic E-state index is -0.633. The van der Waals surface area contributed by atoms with E-state index in [1.807, 2.05) is 25.1 Å². The number of aromatic nitrogens is 4. The molecule has 2 heterocycles. The molecule has 1 amide bonds. The maximum Gasteiger partial charge on any atom is 0.248 e. The number of nitrogens with zero attached hydrogens (tertiary/aromatic N) is 5. The van der Waals surface area contributed by atoms with Crippen LogP contribution in [0.5, 0.6) is 0 Å². The van der Waals surface area contributed by atoms with E-state index in [0.29, 0.717) is 40.6 Å². The molecular weight excluding hydrogens is 552 g/mol. The zero-order valence-electron chi connectivity index (χ0n) is 22.8. The molecule has 0 aliphatic rings. The number of nitrogens with one attached hydrogen (secondary N) is 4. The van der Waals surface area contributed by atoms with Crippen LogP contribution in [-0.4, -0.2) is 51.2 Å². The summed E-state index contributed by atoms with van der Waals surface area (Å²) in [4.78, 5) is 23.3. The largest absolute Gasteiger partial charge is 0.340 e. The van der Waals surface area contributed by atoms with Gasteiger partial charge in [-0.15, -0.1) is 0 Å². The summed E-state index contributed by atoms with van der Waals surface area (Å²) in [7, 11) is 5.58. The Labute approximate surface area is 241 Å².